The first kappa shape index (κ1) is 8.94. The van der Waals surface area contributed by atoms with Gasteiger partial charge in [-0.05, 0) is 19.3 Å². The lowest BCUT2D eigenvalue weighted by atomic mass is 10.2. The lowest BCUT2D eigenvalue weighted by molar-refractivity contribution is 0.685. The van der Waals surface area contributed by atoms with Crippen molar-refractivity contribution in [3.63, 3.8) is 0 Å². The van der Waals surface area contributed by atoms with Gasteiger partial charge in [0.25, 0.3) is 0 Å². The van der Waals surface area contributed by atoms with Crippen LogP contribution in [0.25, 0.3) is 0 Å². The zero-order valence-corrected chi connectivity index (χ0v) is 7.69. The van der Waals surface area contributed by atoms with Gasteiger partial charge in [-0.15, -0.1) is 0 Å². The second-order valence-electron chi connectivity index (χ2n) is 3.05. The van der Waals surface area contributed by atoms with E-state index in [9.17, 15) is 4.21 Å². The maximum absolute atomic E-state index is 10.7. The second kappa shape index (κ2) is 4.02. The first-order valence-electron chi connectivity index (χ1n) is 3.93. The van der Waals surface area contributed by atoms with E-state index in [-0.39, 0.29) is 6.04 Å². The largest absolute Gasteiger partial charge is 0.324 e. The minimum Gasteiger partial charge on any atom is -0.324 e. The lowest BCUT2D eigenvalue weighted by Crippen LogP contribution is -2.11. The first-order valence-corrected chi connectivity index (χ1v) is 5.66. The number of nitrogens with two attached hydrogens (primary N) is 1. The highest BCUT2D eigenvalue weighted by atomic mass is 32.2. The van der Waals surface area contributed by atoms with Crippen LogP contribution in [0, 0.1) is 0 Å². The Hall–Kier alpha value is -0.150. The Morgan fingerprint density at radius 1 is 1.82 bits per heavy atom. The van der Waals surface area contributed by atoms with E-state index in [0.29, 0.717) is 0 Å². The quantitative estimate of drug-likeness (QED) is 0.642. The molecule has 0 fully saturated rings. The van der Waals surface area contributed by atoms with Crippen LogP contribution in [0.2, 0.25) is 0 Å². The summed E-state index contributed by atoms with van der Waals surface area (Å²) in [6.07, 6.45) is 7.02. The maximum atomic E-state index is 10.7. The molecule has 0 spiro atoms. The Bertz CT molecular complexity index is 189. The lowest BCUT2D eigenvalue weighted by Gasteiger charge is -1.97. The van der Waals surface area contributed by atoms with Gasteiger partial charge in [0.1, 0.15) is 0 Å². The summed E-state index contributed by atoms with van der Waals surface area (Å²) in [5.41, 5.74) is 7.08. The molecule has 1 rings (SSSR count). The van der Waals surface area contributed by atoms with E-state index < -0.39 is 10.8 Å². The third-order valence-corrected chi connectivity index (χ3v) is 2.74. The van der Waals surface area contributed by atoms with Crippen molar-refractivity contribution in [2.45, 2.75) is 25.3 Å². The molecule has 2 unspecified atom stereocenters. The van der Waals surface area contributed by atoms with Crippen molar-refractivity contribution in [1.29, 1.82) is 0 Å². The Morgan fingerprint density at radius 2 is 2.55 bits per heavy atom. The molecule has 0 bridgehead atoms. The fourth-order valence-corrected chi connectivity index (χ4v) is 1.85. The van der Waals surface area contributed by atoms with Crippen LogP contribution in [-0.4, -0.2) is 22.3 Å². The molecule has 0 aliphatic heterocycles. The second-order valence-corrected chi connectivity index (χ2v) is 4.61. The minimum absolute atomic E-state index is 0.260. The smallest absolute Gasteiger partial charge is 0.0269 e. The van der Waals surface area contributed by atoms with Crippen molar-refractivity contribution >= 4 is 10.8 Å². The summed E-state index contributed by atoms with van der Waals surface area (Å²) < 4.78 is 10.7. The molecule has 0 heterocycles. The molecule has 0 radical (unpaired) electrons. The molecule has 3 heteroatoms. The average Bonchev–Trinajstić information content (AvgIpc) is 2.31. The van der Waals surface area contributed by atoms with Gasteiger partial charge in [0.05, 0.1) is 0 Å². The molecule has 11 heavy (non-hydrogen) atoms. The van der Waals surface area contributed by atoms with Crippen molar-refractivity contribution in [1.82, 2.24) is 0 Å². The van der Waals surface area contributed by atoms with E-state index >= 15 is 0 Å². The molecule has 0 saturated carbocycles. The third kappa shape index (κ3) is 3.16. The Balaban J connectivity index is 2.27. The van der Waals surface area contributed by atoms with E-state index in [0.717, 1.165) is 25.0 Å². The zero-order chi connectivity index (χ0) is 8.27. The van der Waals surface area contributed by atoms with Crippen LogP contribution in [0.1, 0.15) is 19.3 Å². The fraction of sp³-hybridized carbons (Fsp3) is 0.750. The molecule has 0 aromatic carbocycles. The molecular weight excluding hydrogens is 158 g/mol. The molecule has 2 N–H and O–H groups in total. The van der Waals surface area contributed by atoms with Gasteiger partial charge in [0.15, 0.2) is 0 Å². The van der Waals surface area contributed by atoms with Gasteiger partial charge < -0.3 is 5.73 Å². The van der Waals surface area contributed by atoms with Crippen LogP contribution < -0.4 is 5.73 Å². The normalized spacial score (nSPS) is 26.7. The summed E-state index contributed by atoms with van der Waals surface area (Å²) in [5, 5.41) is 0. The SMILES string of the molecule is CS(=O)CCC1=CC(N)CC1. The third-order valence-electron chi connectivity index (χ3n) is 1.96. The highest BCUT2D eigenvalue weighted by molar-refractivity contribution is 7.84. The Morgan fingerprint density at radius 3 is 3.00 bits per heavy atom. The van der Waals surface area contributed by atoms with Gasteiger partial charge in [0.2, 0.25) is 0 Å². The molecule has 64 valence electrons. The summed E-state index contributed by atoms with van der Waals surface area (Å²) in [5.74, 6) is 0.790. The van der Waals surface area contributed by atoms with Crippen molar-refractivity contribution in [3.8, 4) is 0 Å². The van der Waals surface area contributed by atoms with Crippen molar-refractivity contribution < 1.29 is 4.21 Å². The summed E-state index contributed by atoms with van der Waals surface area (Å²) in [6.45, 7) is 0. The molecule has 2 atom stereocenters. The molecule has 0 saturated heterocycles. The van der Waals surface area contributed by atoms with Crippen LogP contribution in [-0.2, 0) is 10.8 Å². The van der Waals surface area contributed by atoms with E-state index in [2.05, 4.69) is 6.08 Å². The molecule has 0 aromatic heterocycles. The highest BCUT2D eigenvalue weighted by Crippen LogP contribution is 2.19. The molecule has 0 amide bonds. The topological polar surface area (TPSA) is 43.1 Å². The van der Waals surface area contributed by atoms with Crippen molar-refractivity contribution in [2.75, 3.05) is 12.0 Å². The summed E-state index contributed by atoms with van der Waals surface area (Å²) in [4.78, 5) is 0. The van der Waals surface area contributed by atoms with E-state index in [4.69, 9.17) is 5.73 Å². The fourth-order valence-electron chi connectivity index (χ4n) is 1.30. The Kier molecular flexibility index (Phi) is 3.27. The molecule has 2 nitrogen and oxygen atoms in total. The minimum atomic E-state index is -0.654. The van der Waals surface area contributed by atoms with Crippen LogP contribution >= 0.6 is 0 Å². The van der Waals surface area contributed by atoms with E-state index in [1.165, 1.54) is 5.57 Å². The molecule has 1 aliphatic carbocycles. The van der Waals surface area contributed by atoms with Gasteiger partial charge in [0, 0.05) is 28.9 Å². The summed E-state index contributed by atoms with van der Waals surface area (Å²) in [7, 11) is -0.654. The number of hydrogen-bond donors (Lipinski definition) is 1. The van der Waals surface area contributed by atoms with Gasteiger partial charge in [-0.2, -0.15) is 0 Å². The average molecular weight is 173 g/mol. The number of allylic oxidation sites excluding steroid dienone is 1. The van der Waals surface area contributed by atoms with Crippen molar-refractivity contribution in [3.05, 3.63) is 11.6 Å². The Labute approximate surface area is 70.3 Å². The first-order chi connectivity index (χ1) is 5.18. The van der Waals surface area contributed by atoms with E-state index in [1.807, 2.05) is 0 Å². The van der Waals surface area contributed by atoms with Gasteiger partial charge in [-0.1, -0.05) is 11.6 Å². The van der Waals surface area contributed by atoms with E-state index in [1.54, 1.807) is 6.26 Å². The van der Waals surface area contributed by atoms with Gasteiger partial charge in [-0.25, -0.2) is 0 Å². The molecular formula is C8H15NOS. The zero-order valence-electron chi connectivity index (χ0n) is 6.88. The summed E-state index contributed by atoms with van der Waals surface area (Å²) >= 11 is 0. The predicted molar refractivity (Wildman–Crippen MR) is 48.8 cm³/mol. The predicted octanol–water partition coefficient (Wildman–Crippen LogP) is 0.803. The number of rotatable bonds is 3. The maximum Gasteiger partial charge on any atom is 0.0269 e. The highest BCUT2D eigenvalue weighted by Gasteiger charge is 2.11. The number of hydrogen-bond acceptors (Lipinski definition) is 2. The van der Waals surface area contributed by atoms with Crippen LogP contribution in [0.3, 0.4) is 0 Å². The molecule has 0 aromatic rings. The van der Waals surface area contributed by atoms with Crippen LogP contribution in [0.5, 0.6) is 0 Å². The monoisotopic (exact) mass is 173 g/mol. The van der Waals surface area contributed by atoms with Crippen LogP contribution in [0.15, 0.2) is 11.6 Å². The molecule has 1 aliphatic rings. The van der Waals surface area contributed by atoms with Gasteiger partial charge >= 0.3 is 0 Å². The van der Waals surface area contributed by atoms with Crippen molar-refractivity contribution in [2.24, 2.45) is 5.73 Å². The van der Waals surface area contributed by atoms with Gasteiger partial charge in [-0.3, -0.25) is 4.21 Å². The summed E-state index contributed by atoms with van der Waals surface area (Å²) in [6, 6.07) is 0.260. The standard InChI is InChI=1S/C8H15NOS/c1-11(10)5-4-7-2-3-8(9)6-7/h6,8H,2-5,9H2,1H3. The van der Waals surface area contributed by atoms with Crippen LogP contribution in [0.4, 0.5) is 0 Å².